The van der Waals surface area contributed by atoms with Gasteiger partial charge in [-0.3, -0.25) is 4.79 Å². The van der Waals surface area contributed by atoms with E-state index in [2.05, 4.69) is 5.32 Å². The number of nitrogens with one attached hydrogen (secondary N) is 1. The van der Waals surface area contributed by atoms with Crippen LogP contribution in [0.4, 0.5) is 5.69 Å². The van der Waals surface area contributed by atoms with Crippen LogP contribution in [0.3, 0.4) is 0 Å². The maximum absolute atomic E-state index is 12.7. The lowest BCUT2D eigenvalue weighted by Crippen LogP contribution is -2.35. The average molecular weight is 405 g/mol. The van der Waals surface area contributed by atoms with Crippen LogP contribution in [-0.4, -0.2) is 37.0 Å². The molecule has 2 aromatic rings. The van der Waals surface area contributed by atoms with Crippen molar-refractivity contribution in [2.24, 2.45) is 0 Å². The van der Waals surface area contributed by atoms with E-state index in [-0.39, 0.29) is 16.1 Å². The third kappa shape index (κ3) is 5.12. The molecular formula is C20H24N2O3S2. The molecule has 0 aliphatic carbocycles. The number of benzene rings is 2. The van der Waals surface area contributed by atoms with Crippen molar-refractivity contribution in [3.8, 4) is 0 Å². The molecule has 1 heterocycles. The Labute approximate surface area is 165 Å². The van der Waals surface area contributed by atoms with Crippen molar-refractivity contribution in [3.05, 3.63) is 54.6 Å². The molecule has 0 spiro atoms. The van der Waals surface area contributed by atoms with E-state index in [9.17, 15) is 13.2 Å². The lowest BCUT2D eigenvalue weighted by molar-refractivity contribution is -0.115. The van der Waals surface area contributed by atoms with Gasteiger partial charge in [-0.05, 0) is 56.2 Å². The molecule has 3 rings (SSSR count). The molecule has 5 nitrogen and oxygen atoms in total. The molecule has 1 saturated heterocycles. The van der Waals surface area contributed by atoms with Gasteiger partial charge in [-0.2, -0.15) is 4.31 Å². The summed E-state index contributed by atoms with van der Waals surface area (Å²) >= 11 is 1.48. The van der Waals surface area contributed by atoms with Crippen LogP contribution in [-0.2, 0) is 14.8 Å². The number of amides is 1. The van der Waals surface area contributed by atoms with Crippen LogP contribution in [0.15, 0.2) is 64.4 Å². The second-order valence-electron chi connectivity index (χ2n) is 6.55. The second kappa shape index (κ2) is 8.91. The SMILES string of the molecule is C[C@@H](Sc1ccccc1)C(=O)Nc1ccc(S(=O)(=O)N2CCCCC2)cc1. The quantitative estimate of drug-likeness (QED) is 0.740. The molecule has 7 heteroatoms. The largest absolute Gasteiger partial charge is 0.325 e. The summed E-state index contributed by atoms with van der Waals surface area (Å²) in [4.78, 5) is 13.7. The average Bonchev–Trinajstić information content (AvgIpc) is 2.70. The summed E-state index contributed by atoms with van der Waals surface area (Å²) in [5.74, 6) is -0.115. The van der Waals surface area contributed by atoms with Crippen LogP contribution in [0.1, 0.15) is 26.2 Å². The Hall–Kier alpha value is -1.83. The lowest BCUT2D eigenvalue weighted by atomic mass is 10.2. The van der Waals surface area contributed by atoms with Crippen molar-refractivity contribution in [2.75, 3.05) is 18.4 Å². The number of carbonyl (C=O) groups is 1. The van der Waals surface area contributed by atoms with Gasteiger partial charge in [0.25, 0.3) is 0 Å². The van der Waals surface area contributed by atoms with E-state index in [0.717, 1.165) is 24.2 Å². The second-order valence-corrected chi connectivity index (χ2v) is 9.90. The minimum atomic E-state index is -3.45. The van der Waals surface area contributed by atoms with Gasteiger partial charge in [-0.25, -0.2) is 8.42 Å². The highest BCUT2D eigenvalue weighted by atomic mass is 32.2. The van der Waals surface area contributed by atoms with Gasteiger partial charge >= 0.3 is 0 Å². The first-order valence-electron chi connectivity index (χ1n) is 9.09. The van der Waals surface area contributed by atoms with Crippen LogP contribution in [0.5, 0.6) is 0 Å². The predicted molar refractivity (Wildman–Crippen MR) is 109 cm³/mol. The molecule has 1 aliphatic heterocycles. The van der Waals surface area contributed by atoms with E-state index >= 15 is 0 Å². The van der Waals surface area contributed by atoms with Crippen LogP contribution in [0.2, 0.25) is 0 Å². The Balaban J connectivity index is 1.62. The first-order valence-corrected chi connectivity index (χ1v) is 11.4. The van der Waals surface area contributed by atoms with Crippen LogP contribution >= 0.6 is 11.8 Å². The van der Waals surface area contributed by atoms with Crippen molar-refractivity contribution in [3.63, 3.8) is 0 Å². The number of hydrogen-bond acceptors (Lipinski definition) is 4. The minimum Gasteiger partial charge on any atom is -0.325 e. The Morgan fingerprint density at radius 3 is 2.26 bits per heavy atom. The highest BCUT2D eigenvalue weighted by Gasteiger charge is 2.25. The number of rotatable bonds is 6. The predicted octanol–water partition coefficient (Wildman–Crippen LogP) is 3.98. The van der Waals surface area contributed by atoms with Crippen molar-refractivity contribution in [2.45, 2.75) is 41.2 Å². The molecule has 1 fully saturated rings. The smallest absolute Gasteiger partial charge is 0.243 e. The molecule has 1 amide bonds. The first kappa shape index (κ1) is 19.9. The van der Waals surface area contributed by atoms with E-state index in [1.54, 1.807) is 28.6 Å². The van der Waals surface area contributed by atoms with Crippen molar-refractivity contribution < 1.29 is 13.2 Å². The maximum Gasteiger partial charge on any atom is 0.243 e. The van der Waals surface area contributed by atoms with Crippen molar-refractivity contribution in [1.82, 2.24) is 4.31 Å². The van der Waals surface area contributed by atoms with Crippen LogP contribution < -0.4 is 5.32 Å². The van der Waals surface area contributed by atoms with Gasteiger partial charge < -0.3 is 5.32 Å². The zero-order valence-electron chi connectivity index (χ0n) is 15.3. The Morgan fingerprint density at radius 1 is 1.00 bits per heavy atom. The molecule has 1 N–H and O–H groups in total. The highest BCUT2D eigenvalue weighted by Crippen LogP contribution is 2.25. The van der Waals surface area contributed by atoms with Crippen molar-refractivity contribution >= 4 is 33.4 Å². The van der Waals surface area contributed by atoms with Gasteiger partial charge in [-0.1, -0.05) is 24.6 Å². The number of carbonyl (C=O) groups excluding carboxylic acids is 1. The van der Waals surface area contributed by atoms with E-state index in [1.807, 2.05) is 37.3 Å². The zero-order chi connectivity index (χ0) is 19.3. The summed E-state index contributed by atoms with van der Waals surface area (Å²) in [6.07, 6.45) is 2.89. The molecule has 2 aromatic carbocycles. The van der Waals surface area contributed by atoms with E-state index < -0.39 is 10.0 Å². The Morgan fingerprint density at radius 2 is 1.63 bits per heavy atom. The van der Waals surface area contributed by atoms with E-state index in [4.69, 9.17) is 0 Å². The van der Waals surface area contributed by atoms with Crippen molar-refractivity contribution in [1.29, 1.82) is 0 Å². The van der Waals surface area contributed by atoms with Gasteiger partial charge in [0.2, 0.25) is 15.9 Å². The molecule has 1 atom stereocenters. The fourth-order valence-corrected chi connectivity index (χ4v) is 5.37. The molecule has 144 valence electrons. The summed E-state index contributed by atoms with van der Waals surface area (Å²) in [7, 11) is -3.45. The number of thioether (sulfide) groups is 1. The third-order valence-corrected chi connectivity index (χ3v) is 7.52. The number of anilines is 1. The Bertz CT molecular complexity index is 862. The summed E-state index contributed by atoms with van der Waals surface area (Å²) < 4.78 is 26.9. The topological polar surface area (TPSA) is 66.5 Å². The van der Waals surface area contributed by atoms with Gasteiger partial charge in [-0.15, -0.1) is 11.8 Å². The summed E-state index contributed by atoms with van der Waals surface area (Å²) in [6, 6.07) is 16.2. The number of sulfonamides is 1. The van der Waals surface area contributed by atoms with Gasteiger partial charge in [0.05, 0.1) is 10.1 Å². The highest BCUT2D eigenvalue weighted by molar-refractivity contribution is 8.00. The van der Waals surface area contributed by atoms with Crippen LogP contribution in [0, 0.1) is 0 Å². The number of hydrogen-bond donors (Lipinski definition) is 1. The summed E-state index contributed by atoms with van der Waals surface area (Å²) in [6.45, 7) is 3.01. The fourth-order valence-electron chi connectivity index (χ4n) is 2.97. The fraction of sp³-hybridized carbons (Fsp3) is 0.350. The molecule has 0 bridgehead atoms. The van der Waals surface area contributed by atoms with Gasteiger partial charge in [0.15, 0.2) is 0 Å². The summed E-state index contributed by atoms with van der Waals surface area (Å²) in [5.41, 5.74) is 0.595. The molecule has 0 unspecified atom stereocenters. The maximum atomic E-state index is 12.7. The molecular weight excluding hydrogens is 380 g/mol. The molecule has 1 aliphatic rings. The molecule has 27 heavy (non-hydrogen) atoms. The van der Waals surface area contributed by atoms with Gasteiger partial charge in [0, 0.05) is 23.7 Å². The molecule has 0 aromatic heterocycles. The number of nitrogens with zero attached hydrogens (tertiary/aromatic N) is 1. The summed E-state index contributed by atoms with van der Waals surface area (Å²) in [5, 5.41) is 2.59. The van der Waals surface area contributed by atoms with Crippen LogP contribution in [0.25, 0.3) is 0 Å². The standard InChI is InChI=1S/C20H24N2O3S2/c1-16(26-18-8-4-2-5-9-18)20(23)21-17-10-12-19(13-11-17)27(24,25)22-14-6-3-7-15-22/h2,4-5,8-13,16H,3,6-7,14-15H2,1H3,(H,21,23)/t16-/m1/s1. The monoisotopic (exact) mass is 404 g/mol. The van der Waals surface area contributed by atoms with E-state index in [0.29, 0.717) is 18.8 Å². The van der Waals surface area contributed by atoms with E-state index in [1.165, 1.54) is 11.8 Å². The molecule has 0 saturated carbocycles. The molecule has 0 radical (unpaired) electrons. The number of piperidine rings is 1. The third-order valence-electron chi connectivity index (χ3n) is 4.50. The first-order chi connectivity index (χ1) is 13.0. The van der Waals surface area contributed by atoms with Gasteiger partial charge in [0.1, 0.15) is 0 Å². The zero-order valence-corrected chi connectivity index (χ0v) is 16.9. The Kier molecular flexibility index (Phi) is 6.57. The minimum absolute atomic E-state index is 0.115. The lowest BCUT2D eigenvalue weighted by Gasteiger charge is -2.25. The normalized spacial score (nSPS) is 16.6.